The summed E-state index contributed by atoms with van der Waals surface area (Å²) in [4.78, 5) is 12.5. The van der Waals surface area contributed by atoms with Gasteiger partial charge in [0.1, 0.15) is 12.3 Å². The molecule has 4 rings (SSSR count). The molecule has 1 aromatic carbocycles. The number of amides is 1. The van der Waals surface area contributed by atoms with E-state index in [0.717, 1.165) is 24.2 Å². The van der Waals surface area contributed by atoms with Crippen LogP contribution in [0.4, 0.5) is 0 Å². The van der Waals surface area contributed by atoms with Crippen molar-refractivity contribution in [2.45, 2.75) is 30.6 Å². The van der Waals surface area contributed by atoms with Crippen LogP contribution >= 0.6 is 11.8 Å². The van der Waals surface area contributed by atoms with E-state index in [2.05, 4.69) is 33.0 Å². The van der Waals surface area contributed by atoms with E-state index in [9.17, 15) is 4.79 Å². The second kappa shape index (κ2) is 7.74. The lowest BCUT2D eigenvalue weighted by atomic mass is 10.0. The molecule has 1 N–H and O–H groups in total. The topological polar surface area (TPSA) is 85.8 Å². The number of carbonyl (C=O) groups is 1. The minimum absolute atomic E-state index is 0.0108. The SMILES string of the molecule is O=C(CSc1nnnn1Cc1ccco1)NC(c1ccccc1)C1CC1. The molecule has 2 heterocycles. The Bertz CT molecular complexity index is 846. The van der Waals surface area contributed by atoms with Gasteiger partial charge < -0.3 is 9.73 Å². The number of carbonyl (C=O) groups excluding carboxylic acids is 1. The Balaban J connectivity index is 1.35. The summed E-state index contributed by atoms with van der Waals surface area (Å²) in [6, 6.07) is 13.9. The van der Waals surface area contributed by atoms with Gasteiger partial charge in [0.2, 0.25) is 11.1 Å². The maximum atomic E-state index is 12.5. The number of nitrogens with one attached hydrogen (secondary N) is 1. The zero-order valence-corrected chi connectivity index (χ0v) is 14.9. The number of benzene rings is 1. The highest BCUT2D eigenvalue weighted by Crippen LogP contribution is 2.41. The number of hydrogen-bond donors (Lipinski definition) is 1. The van der Waals surface area contributed by atoms with Crippen molar-refractivity contribution in [1.82, 2.24) is 25.5 Å². The molecular formula is C18H19N5O2S. The average Bonchev–Trinajstić information content (AvgIpc) is 3.19. The number of rotatable bonds is 8. The summed E-state index contributed by atoms with van der Waals surface area (Å²) in [6.45, 7) is 0.443. The lowest BCUT2D eigenvalue weighted by molar-refractivity contribution is -0.119. The molecule has 0 spiro atoms. The van der Waals surface area contributed by atoms with E-state index in [1.807, 2.05) is 30.3 Å². The van der Waals surface area contributed by atoms with Gasteiger partial charge in [-0.15, -0.1) is 5.10 Å². The zero-order valence-electron chi connectivity index (χ0n) is 14.1. The highest BCUT2D eigenvalue weighted by molar-refractivity contribution is 7.99. The Kier molecular flexibility index (Phi) is 5.01. The van der Waals surface area contributed by atoms with Gasteiger partial charge in [0, 0.05) is 0 Å². The molecule has 1 fully saturated rings. The Morgan fingerprint density at radius 1 is 1.27 bits per heavy atom. The summed E-state index contributed by atoms with van der Waals surface area (Å²) >= 11 is 1.33. The molecule has 134 valence electrons. The van der Waals surface area contributed by atoms with Crippen molar-refractivity contribution in [3.63, 3.8) is 0 Å². The molecule has 1 amide bonds. The monoisotopic (exact) mass is 369 g/mol. The molecule has 2 aromatic heterocycles. The van der Waals surface area contributed by atoms with Crippen LogP contribution in [0.3, 0.4) is 0 Å². The third kappa shape index (κ3) is 4.13. The second-order valence-electron chi connectivity index (χ2n) is 6.28. The van der Waals surface area contributed by atoms with Gasteiger partial charge in [-0.25, -0.2) is 4.68 Å². The fourth-order valence-corrected chi connectivity index (χ4v) is 3.55. The fraction of sp³-hybridized carbons (Fsp3) is 0.333. The van der Waals surface area contributed by atoms with Gasteiger partial charge in [-0.05, 0) is 46.9 Å². The van der Waals surface area contributed by atoms with Crippen LogP contribution in [0.2, 0.25) is 0 Å². The van der Waals surface area contributed by atoms with E-state index in [1.54, 1.807) is 10.9 Å². The standard InChI is InChI=1S/C18H19N5O2S/c24-16(19-17(14-8-9-14)13-5-2-1-3-6-13)12-26-18-20-21-22-23(18)11-15-7-4-10-25-15/h1-7,10,14,17H,8-9,11-12H2,(H,19,24). The maximum absolute atomic E-state index is 12.5. The Hall–Kier alpha value is -2.61. The van der Waals surface area contributed by atoms with Crippen molar-refractivity contribution in [2.24, 2.45) is 5.92 Å². The molecule has 1 atom stereocenters. The molecule has 0 bridgehead atoms. The Labute approximate surface area is 155 Å². The molecule has 1 saturated carbocycles. The number of hydrogen-bond acceptors (Lipinski definition) is 6. The number of thioether (sulfide) groups is 1. The summed E-state index contributed by atoms with van der Waals surface area (Å²) in [6.07, 6.45) is 3.93. The van der Waals surface area contributed by atoms with E-state index in [1.165, 1.54) is 11.8 Å². The molecule has 0 saturated heterocycles. The van der Waals surface area contributed by atoms with Crippen molar-refractivity contribution in [1.29, 1.82) is 0 Å². The van der Waals surface area contributed by atoms with Crippen LogP contribution in [0.5, 0.6) is 0 Å². The van der Waals surface area contributed by atoms with Gasteiger partial charge in [-0.1, -0.05) is 42.1 Å². The molecule has 3 aromatic rings. The number of tetrazole rings is 1. The van der Waals surface area contributed by atoms with Gasteiger partial charge in [0.05, 0.1) is 18.1 Å². The summed E-state index contributed by atoms with van der Waals surface area (Å²) in [5.41, 5.74) is 1.16. The first-order valence-corrected chi connectivity index (χ1v) is 9.54. The van der Waals surface area contributed by atoms with Crippen molar-refractivity contribution in [3.8, 4) is 0 Å². The van der Waals surface area contributed by atoms with Crippen LogP contribution in [0.25, 0.3) is 0 Å². The largest absolute Gasteiger partial charge is 0.467 e. The van der Waals surface area contributed by atoms with E-state index < -0.39 is 0 Å². The van der Waals surface area contributed by atoms with E-state index in [0.29, 0.717) is 17.6 Å². The van der Waals surface area contributed by atoms with Gasteiger partial charge in [0.25, 0.3) is 0 Å². The van der Waals surface area contributed by atoms with E-state index in [4.69, 9.17) is 4.42 Å². The number of aromatic nitrogens is 4. The lowest BCUT2D eigenvalue weighted by Gasteiger charge is -2.18. The van der Waals surface area contributed by atoms with E-state index >= 15 is 0 Å². The van der Waals surface area contributed by atoms with Crippen molar-refractivity contribution in [3.05, 3.63) is 60.1 Å². The third-order valence-corrected chi connectivity index (χ3v) is 5.24. The van der Waals surface area contributed by atoms with Gasteiger partial charge in [-0.2, -0.15) is 0 Å². The average molecular weight is 369 g/mol. The van der Waals surface area contributed by atoms with Crippen molar-refractivity contribution in [2.75, 3.05) is 5.75 Å². The predicted molar refractivity (Wildman–Crippen MR) is 96.4 cm³/mol. The molecule has 1 unspecified atom stereocenters. The summed E-state index contributed by atoms with van der Waals surface area (Å²) < 4.78 is 6.95. The van der Waals surface area contributed by atoms with Crippen LogP contribution in [0.1, 0.15) is 30.2 Å². The first-order valence-electron chi connectivity index (χ1n) is 8.55. The zero-order chi connectivity index (χ0) is 17.8. The Morgan fingerprint density at radius 2 is 2.12 bits per heavy atom. The van der Waals surface area contributed by atoms with Gasteiger partial charge in [0.15, 0.2) is 0 Å². The van der Waals surface area contributed by atoms with Gasteiger partial charge >= 0.3 is 0 Å². The first kappa shape index (κ1) is 16.8. The molecule has 7 nitrogen and oxygen atoms in total. The van der Waals surface area contributed by atoms with Crippen molar-refractivity contribution < 1.29 is 9.21 Å². The normalized spacial score (nSPS) is 14.9. The van der Waals surface area contributed by atoms with Crippen LogP contribution in [0.15, 0.2) is 58.3 Å². The lowest BCUT2D eigenvalue weighted by Crippen LogP contribution is -2.31. The first-order chi connectivity index (χ1) is 12.8. The third-order valence-electron chi connectivity index (χ3n) is 4.29. The smallest absolute Gasteiger partial charge is 0.230 e. The minimum Gasteiger partial charge on any atom is -0.467 e. The highest BCUT2D eigenvalue weighted by atomic mass is 32.2. The second-order valence-corrected chi connectivity index (χ2v) is 7.22. The summed E-state index contributed by atoms with van der Waals surface area (Å²) in [5.74, 6) is 1.56. The number of nitrogens with zero attached hydrogens (tertiary/aromatic N) is 4. The molecule has 26 heavy (non-hydrogen) atoms. The molecule has 1 aliphatic carbocycles. The van der Waals surface area contributed by atoms with E-state index in [-0.39, 0.29) is 17.7 Å². The summed E-state index contributed by atoms with van der Waals surface area (Å²) in [5, 5.41) is 15.4. The highest BCUT2D eigenvalue weighted by Gasteiger charge is 2.33. The van der Waals surface area contributed by atoms with Crippen LogP contribution < -0.4 is 5.32 Å². The number of furan rings is 1. The minimum atomic E-state index is -0.0108. The molecule has 1 aliphatic rings. The predicted octanol–water partition coefficient (Wildman–Crippen LogP) is 2.67. The Morgan fingerprint density at radius 3 is 2.85 bits per heavy atom. The fourth-order valence-electron chi connectivity index (χ4n) is 2.86. The molecule has 8 heteroatoms. The molecular weight excluding hydrogens is 350 g/mol. The van der Waals surface area contributed by atoms with Gasteiger partial charge in [-0.3, -0.25) is 4.79 Å². The van der Waals surface area contributed by atoms with Crippen molar-refractivity contribution >= 4 is 17.7 Å². The molecule has 0 aliphatic heterocycles. The van der Waals surface area contributed by atoms with Crippen LogP contribution in [0, 0.1) is 5.92 Å². The van der Waals surface area contributed by atoms with Crippen LogP contribution in [-0.4, -0.2) is 31.9 Å². The maximum Gasteiger partial charge on any atom is 0.230 e. The molecule has 0 radical (unpaired) electrons. The van der Waals surface area contributed by atoms with Crippen LogP contribution in [-0.2, 0) is 11.3 Å². The quantitative estimate of drug-likeness (QED) is 0.615. The summed E-state index contributed by atoms with van der Waals surface area (Å²) in [7, 11) is 0.